The third-order valence-corrected chi connectivity index (χ3v) is 5.21. The summed E-state index contributed by atoms with van der Waals surface area (Å²) in [6.07, 6.45) is 1.63. The van der Waals surface area contributed by atoms with E-state index in [-0.39, 0.29) is 30.0 Å². The van der Waals surface area contributed by atoms with Crippen molar-refractivity contribution < 1.29 is 17.9 Å². The van der Waals surface area contributed by atoms with E-state index in [2.05, 4.69) is 0 Å². The molecule has 1 saturated heterocycles. The molecule has 19 heavy (non-hydrogen) atoms. The highest BCUT2D eigenvalue weighted by Gasteiger charge is 2.36. The Morgan fingerprint density at radius 1 is 1.53 bits per heavy atom. The zero-order valence-corrected chi connectivity index (χ0v) is 12.5. The average Bonchev–Trinajstić information content (AvgIpc) is 2.72. The zero-order valence-electron chi connectivity index (χ0n) is 11.7. The Labute approximate surface area is 115 Å². The number of hydrogen-bond donors (Lipinski definition) is 1. The normalized spacial score (nSPS) is 23.2. The average molecular weight is 292 g/mol. The van der Waals surface area contributed by atoms with Crippen LogP contribution >= 0.6 is 0 Å². The molecule has 0 radical (unpaired) electrons. The summed E-state index contributed by atoms with van der Waals surface area (Å²) in [6.45, 7) is 2.71. The molecule has 1 rings (SSSR count). The van der Waals surface area contributed by atoms with Gasteiger partial charge in [-0.2, -0.15) is 0 Å². The first-order valence-electron chi connectivity index (χ1n) is 6.69. The van der Waals surface area contributed by atoms with Crippen LogP contribution in [0.1, 0.15) is 26.2 Å². The number of methoxy groups -OCH3 is 1. The first-order valence-corrected chi connectivity index (χ1v) is 8.51. The van der Waals surface area contributed by atoms with Gasteiger partial charge in [0, 0.05) is 26.2 Å². The number of amides is 1. The van der Waals surface area contributed by atoms with Crippen LogP contribution in [0.15, 0.2) is 0 Å². The molecule has 1 fully saturated rings. The molecule has 1 aliphatic rings. The minimum atomic E-state index is -3.00. The molecule has 0 aromatic carbocycles. The largest absolute Gasteiger partial charge is 0.370 e. The molecule has 1 aliphatic heterocycles. The van der Waals surface area contributed by atoms with Crippen LogP contribution in [0.2, 0.25) is 0 Å². The lowest BCUT2D eigenvalue weighted by molar-refractivity contribution is -0.143. The number of carbonyl (C=O) groups is 1. The predicted molar refractivity (Wildman–Crippen MR) is 73.5 cm³/mol. The number of nitrogens with two attached hydrogens (primary N) is 1. The smallest absolute Gasteiger partial charge is 0.253 e. The van der Waals surface area contributed by atoms with E-state index in [1.807, 2.05) is 6.92 Å². The van der Waals surface area contributed by atoms with Crippen LogP contribution < -0.4 is 5.73 Å². The van der Waals surface area contributed by atoms with Gasteiger partial charge in [0.25, 0.3) is 5.91 Å². The number of hydrogen-bond acceptors (Lipinski definition) is 5. The number of sulfone groups is 1. The standard InChI is InChI=1S/C12H24N2O4S/c1-3-4-6-14(12(15)11(8-13)18-2)10-5-7-19(16,17)9-10/h10-11H,3-9,13H2,1-2H3. The molecule has 1 heterocycles. The number of ether oxygens (including phenoxy) is 1. The highest BCUT2D eigenvalue weighted by atomic mass is 32.2. The van der Waals surface area contributed by atoms with Crippen molar-refractivity contribution in [1.29, 1.82) is 0 Å². The molecule has 2 unspecified atom stereocenters. The molecule has 0 aromatic heterocycles. The number of rotatable bonds is 7. The second-order valence-corrected chi connectivity index (χ2v) is 7.13. The van der Waals surface area contributed by atoms with Crippen LogP contribution in [0.25, 0.3) is 0 Å². The van der Waals surface area contributed by atoms with Crippen LogP contribution in [0.5, 0.6) is 0 Å². The van der Waals surface area contributed by atoms with Crippen molar-refractivity contribution in [2.24, 2.45) is 5.73 Å². The van der Waals surface area contributed by atoms with Gasteiger partial charge in [-0.25, -0.2) is 8.42 Å². The fourth-order valence-electron chi connectivity index (χ4n) is 2.31. The van der Waals surface area contributed by atoms with Crippen molar-refractivity contribution in [2.45, 2.75) is 38.3 Å². The quantitative estimate of drug-likeness (QED) is 0.700. The minimum Gasteiger partial charge on any atom is -0.370 e. The molecule has 1 amide bonds. The van der Waals surface area contributed by atoms with Crippen LogP contribution in [0, 0.1) is 0 Å². The Morgan fingerprint density at radius 2 is 2.21 bits per heavy atom. The summed E-state index contributed by atoms with van der Waals surface area (Å²) in [7, 11) is -1.56. The summed E-state index contributed by atoms with van der Waals surface area (Å²) in [5.41, 5.74) is 5.51. The summed E-state index contributed by atoms with van der Waals surface area (Å²) < 4.78 is 28.2. The molecule has 0 saturated carbocycles. The van der Waals surface area contributed by atoms with E-state index < -0.39 is 15.9 Å². The Bertz CT molecular complexity index is 393. The minimum absolute atomic E-state index is 0.0590. The van der Waals surface area contributed by atoms with Crippen molar-refractivity contribution >= 4 is 15.7 Å². The SMILES string of the molecule is CCCCN(C(=O)C(CN)OC)C1CCS(=O)(=O)C1. The van der Waals surface area contributed by atoms with Crippen LogP contribution in [-0.4, -0.2) is 63.1 Å². The fraction of sp³-hybridized carbons (Fsp3) is 0.917. The lowest BCUT2D eigenvalue weighted by atomic mass is 10.1. The highest BCUT2D eigenvalue weighted by Crippen LogP contribution is 2.19. The van der Waals surface area contributed by atoms with Gasteiger partial charge < -0.3 is 15.4 Å². The monoisotopic (exact) mass is 292 g/mol. The van der Waals surface area contributed by atoms with E-state index in [9.17, 15) is 13.2 Å². The molecule has 112 valence electrons. The van der Waals surface area contributed by atoms with Crippen molar-refractivity contribution in [3.8, 4) is 0 Å². The zero-order chi connectivity index (χ0) is 14.5. The maximum Gasteiger partial charge on any atom is 0.253 e. The summed E-state index contributed by atoms with van der Waals surface area (Å²) in [5.74, 6) is 0.0256. The Morgan fingerprint density at radius 3 is 2.63 bits per heavy atom. The van der Waals surface area contributed by atoms with E-state index >= 15 is 0 Å². The van der Waals surface area contributed by atoms with E-state index in [0.29, 0.717) is 13.0 Å². The van der Waals surface area contributed by atoms with E-state index in [1.54, 1.807) is 4.90 Å². The summed E-state index contributed by atoms with van der Waals surface area (Å²) in [5, 5.41) is 0. The summed E-state index contributed by atoms with van der Waals surface area (Å²) in [4.78, 5) is 14.0. The van der Waals surface area contributed by atoms with Gasteiger partial charge >= 0.3 is 0 Å². The van der Waals surface area contributed by atoms with Gasteiger partial charge in [-0.15, -0.1) is 0 Å². The lowest BCUT2D eigenvalue weighted by Gasteiger charge is -2.31. The number of carbonyl (C=O) groups excluding carboxylic acids is 1. The van der Waals surface area contributed by atoms with Gasteiger partial charge in [0.2, 0.25) is 0 Å². The van der Waals surface area contributed by atoms with Crippen molar-refractivity contribution in [1.82, 2.24) is 4.90 Å². The maximum atomic E-state index is 12.3. The van der Waals surface area contributed by atoms with Gasteiger partial charge in [0.15, 0.2) is 9.84 Å². The molecular formula is C12H24N2O4S. The van der Waals surface area contributed by atoms with Gasteiger partial charge in [0.05, 0.1) is 11.5 Å². The van der Waals surface area contributed by atoms with E-state index in [1.165, 1.54) is 7.11 Å². The molecule has 2 N–H and O–H groups in total. The topological polar surface area (TPSA) is 89.7 Å². The number of unbranched alkanes of at least 4 members (excludes halogenated alkanes) is 1. The number of nitrogens with zero attached hydrogens (tertiary/aromatic N) is 1. The third kappa shape index (κ3) is 4.43. The molecule has 6 nitrogen and oxygen atoms in total. The molecular weight excluding hydrogens is 268 g/mol. The fourth-order valence-corrected chi connectivity index (χ4v) is 4.04. The first-order chi connectivity index (χ1) is 8.95. The second-order valence-electron chi connectivity index (χ2n) is 4.90. The van der Waals surface area contributed by atoms with Crippen LogP contribution in [0.4, 0.5) is 0 Å². The Hall–Kier alpha value is -0.660. The molecule has 0 aromatic rings. The Balaban J connectivity index is 2.79. The molecule has 2 atom stereocenters. The van der Waals surface area contributed by atoms with Gasteiger partial charge in [0.1, 0.15) is 6.10 Å². The Kier molecular flexibility index (Phi) is 6.22. The van der Waals surface area contributed by atoms with Crippen molar-refractivity contribution in [3.63, 3.8) is 0 Å². The summed E-state index contributed by atoms with van der Waals surface area (Å²) >= 11 is 0. The maximum absolute atomic E-state index is 12.3. The molecule has 0 spiro atoms. The van der Waals surface area contributed by atoms with Gasteiger partial charge in [-0.05, 0) is 12.8 Å². The lowest BCUT2D eigenvalue weighted by Crippen LogP contribution is -2.49. The highest BCUT2D eigenvalue weighted by molar-refractivity contribution is 7.91. The third-order valence-electron chi connectivity index (χ3n) is 3.46. The van der Waals surface area contributed by atoms with Crippen molar-refractivity contribution in [3.05, 3.63) is 0 Å². The van der Waals surface area contributed by atoms with E-state index in [0.717, 1.165) is 12.8 Å². The van der Waals surface area contributed by atoms with Gasteiger partial charge in [-0.1, -0.05) is 13.3 Å². The first kappa shape index (κ1) is 16.4. The molecule has 0 aliphatic carbocycles. The van der Waals surface area contributed by atoms with Crippen LogP contribution in [-0.2, 0) is 19.4 Å². The predicted octanol–water partition coefficient (Wildman–Crippen LogP) is -0.224. The van der Waals surface area contributed by atoms with Gasteiger partial charge in [-0.3, -0.25) is 4.79 Å². The second kappa shape index (κ2) is 7.21. The molecule has 0 bridgehead atoms. The van der Waals surface area contributed by atoms with E-state index in [4.69, 9.17) is 10.5 Å². The summed E-state index contributed by atoms with van der Waals surface area (Å²) in [6, 6.07) is -0.228. The van der Waals surface area contributed by atoms with Crippen molar-refractivity contribution in [2.75, 3.05) is 31.7 Å². The van der Waals surface area contributed by atoms with Crippen LogP contribution in [0.3, 0.4) is 0 Å². The molecule has 7 heteroatoms.